The second-order valence-electron chi connectivity index (χ2n) is 6.37. The van der Waals surface area contributed by atoms with Crippen molar-refractivity contribution in [3.63, 3.8) is 0 Å². The topological polar surface area (TPSA) is 71.3 Å². The van der Waals surface area contributed by atoms with Gasteiger partial charge in [-0.1, -0.05) is 5.16 Å². The summed E-state index contributed by atoms with van der Waals surface area (Å²) in [5, 5.41) is 9.97. The number of rotatable bonds is 5. The smallest absolute Gasteiger partial charge is 0.273 e. The number of hydrogen-bond acceptors (Lipinski definition) is 6. The van der Waals surface area contributed by atoms with E-state index in [1.807, 2.05) is 11.6 Å². The predicted molar refractivity (Wildman–Crippen MR) is 87.9 cm³/mol. The molecule has 1 atom stereocenters. The van der Waals surface area contributed by atoms with Gasteiger partial charge < -0.3 is 14.7 Å². The second-order valence-corrected chi connectivity index (χ2v) is 7.24. The van der Waals surface area contributed by atoms with Crippen molar-refractivity contribution >= 4 is 22.4 Å². The minimum absolute atomic E-state index is 0.132. The van der Waals surface area contributed by atoms with Crippen LogP contribution in [0.4, 0.5) is 5.13 Å². The minimum atomic E-state index is -0.132. The lowest BCUT2D eigenvalue weighted by molar-refractivity contribution is 0.0936. The number of nitrogens with zero attached hydrogens (tertiary/aromatic N) is 3. The Hall–Kier alpha value is -1.89. The largest absolute Gasteiger partial charge is 0.360 e. The molecular formula is C16H20N4O2S. The van der Waals surface area contributed by atoms with Crippen LogP contribution in [0.1, 0.15) is 47.8 Å². The van der Waals surface area contributed by atoms with Gasteiger partial charge in [0.05, 0.1) is 0 Å². The molecule has 1 N–H and O–H groups in total. The van der Waals surface area contributed by atoms with Crippen molar-refractivity contribution in [2.24, 2.45) is 5.92 Å². The molecule has 0 radical (unpaired) electrons. The maximum Gasteiger partial charge on any atom is 0.273 e. The molecule has 122 valence electrons. The van der Waals surface area contributed by atoms with Crippen LogP contribution in [0.15, 0.2) is 22.2 Å². The summed E-state index contributed by atoms with van der Waals surface area (Å²) in [5.41, 5.74) is 0.402. The Morgan fingerprint density at radius 1 is 1.43 bits per heavy atom. The molecule has 2 aromatic heterocycles. The predicted octanol–water partition coefficient (Wildman–Crippen LogP) is 2.65. The molecule has 0 aromatic carbocycles. The first kappa shape index (κ1) is 14.7. The van der Waals surface area contributed by atoms with Crippen molar-refractivity contribution in [3.05, 3.63) is 29.1 Å². The first-order chi connectivity index (χ1) is 11.3. The van der Waals surface area contributed by atoms with Gasteiger partial charge in [0.25, 0.3) is 5.91 Å². The van der Waals surface area contributed by atoms with Crippen LogP contribution in [0.3, 0.4) is 0 Å². The van der Waals surface area contributed by atoms with Crippen LogP contribution in [-0.4, -0.2) is 35.7 Å². The fourth-order valence-electron chi connectivity index (χ4n) is 3.06. The monoisotopic (exact) mass is 332 g/mol. The van der Waals surface area contributed by atoms with Gasteiger partial charge in [0.2, 0.25) is 0 Å². The first-order valence-electron chi connectivity index (χ1n) is 8.19. The summed E-state index contributed by atoms with van der Waals surface area (Å²) in [6.45, 7) is 2.66. The molecule has 1 saturated heterocycles. The van der Waals surface area contributed by atoms with E-state index in [0.29, 0.717) is 24.1 Å². The average molecular weight is 332 g/mol. The van der Waals surface area contributed by atoms with Crippen molar-refractivity contribution in [2.45, 2.75) is 31.6 Å². The Morgan fingerprint density at radius 3 is 3.13 bits per heavy atom. The number of hydrogen-bond donors (Lipinski definition) is 1. The molecule has 0 spiro atoms. The standard InChI is InChI=1S/C16H20N4O2S/c21-15(13-8-14(22-19-13)12-3-4-12)18-9-11-2-1-6-20(10-11)16-17-5-7-23-16/h5,7-8,11-12H,1-4,6,9-10H2,(H,18,21)/t11-/m0/s1. The summed E-state index contributed by atoms with van der Waals surface area (Å²) < 4.78 is 5.24. The van der Waals surface area contributed by atoms with Gasteiger partial charge in [-0.15, -0.1) is 11.3 Å². The van der Waals surface area contributed by atoms with Crippen molar-refractivity contribution in [3.8, 4) is 0 Å². The highest BCUT2D eigenvalue weighted by atomic mass is 32.1. The van der Waals surface area contributed by atoms with Gasteiger partial charge in [0.15, 0.2) is 10.8 Å². The number of aromatic nitrogens is 2. The molecule has 3 heterocycles. The van der Waals surface area contributed by atoms with E-state index in [0.717, 1.165) is 49.7 Å². The van der Waals surface area contributed by atoms with Crippen LogP contribution in [0, 0.1) is 5.92 Å². The zero-order valence-corrected chi connectivity index (χ0v) is 13.7. The third-order valence-electron chi connectivity index (χ3n) is 4.50. The van der Waals surface area contributed by atoms with E-state index in [4.69, 9.17) is 4.52 Å². The van der Waals surface area contributed by atoms with E-state index in [-0.39, 0.29) is 5.91 Å². The van der Waals surface area contributed by atoms with E-state index in [1.54, 1.807) is 17.4 Å². The van der Waals surface area contributed by atoms with Gasteiger partial charge >= 0.3 is 0 Å². The molecule has 1 saturated carbocycles. The lowest BCUT2D eigenvalue weighted by atomic mass is 9.98. The fourth-order valence-corrected chi connectivity index (χ4v) is 3.74. The highest BCUT2D eigenvalue weighted by molar-refractivity contribution is 7.13. The van der Waals surface area contributed by atoms with Crippen molar-refractivity contribution in [1.29, 1.82) is 0 Å². The number of thiazole rings is 1. The summed E-state index contributed by atoms with van der Waals surface area (Å²) in [7, 11) is 0. The number of piperidine rings is 1. The second kappa shape index (κ2) is 6.31. The van der Waals surface area contributed by atoms with Crippen LogP contribution < -0.4 is 10.2 Å². The Balaban J connectivity index is 1.30. The van der Waals surface area contributed by atoms with E-state index >= 15 is 0 Å². The summed E-state index contributed by atoms with van der Waals surface area (Å²) in [4.78, 5) is 18.9. The summed E-state index contributed by atoms with van der Waals surface area (Å²) in [6.07, 6.45) is 6.40. The van der Waals surface area contributed by atoms with E-state index in [1.165, 1.54) is 0 Å². The van der Waals surface area contributed by atoms with Gasteiger partial charge in [-0.25, -0.2) is 4.98 Å². The SMILES string of the molecule is O=C(NC[C@@H]1CCCN(c2nccs2)C1)c1cc(C2CC2)on1. The lowest BCUT2D eigenvalue weighted by Crippen LogP contribution is -2.41. The summed E-state index contributed by atoms with van der Waals surface area (Å²) in [6, 6.07) is 1.79. The fraction of sp³-hybridized carbons (Fsp3) is 0.562. The third kappa shape index (κ3) is 3.39. The van der Waals surface area contributed by atoms with Crippen molar-refractivity contribution < 1.29 is 9.32 Å². The molecular weight excluding hydrogens is 312 g/mol. The van der Waals surface area contributed by atoms with Gasteiger partial charge in [-0.2, -0.15) is 0 Å². The number of carbonyl (C=O) groups excluding carboxylic acids is 1. The maximum absolute atomic E-state index is 12.2. The molecule has 2 fully saturated rings. The Bertz CT molecular complexity index is 665. The number of carbonyl (C=O) groups is 1. The molecule has 0 unspecified atom stereocenters. The molecule has 7 heteroatoms. The highest BCUT2D eigenvalue weighted by Crippen LogP contribution is 2.40. The molecule has 1 aliphatic carbocycles. The summed E-state index contributed by atoms with van der Waals surface area (Å²) >= 11 is 1.67. The minimum Gasteiger partial charge on any atom is -0.360 e. The molecule has 2 aliphatic rings. The Labute approximate surface area is 138 Å². The van der Waals surface area contributed by atoms with E-state index in [9.17, 15) is 4.79 Å². The number of amides is 1. The van der Waals surface area contributed by atoms with E-state index < -0.39 is 0 Å². The molecule has 0 bridgehead atoms. The first-order valence-corrected chi connectivity index (χ1v) is 9.07. The molecule has 1 amide bonds. The van der Waals surface area contributed by atoms with Crippen LogP contribution in [0.5, 0.6) is 0 Å². The maximum atomic E-state index is 12.2. The third-order valence-corrected chi connectivity index (χ3v) is 5.33. The van der Waals surface area contributed by atoms with Gasteiger partial charge in [-0.3, -0.25) is 4.79 Å². The lowest BCUT2D eigenvalue weighted by Gasteiger charge is -2.32. The van der Waals surface area contributed by atoms with Gasteiger partial charge in [0, 0.05) is 43.2 Å². The average Bonchev–Trinajstić information content (AvgIpc) is 3.09. The Kier molecular flexibility index (Phi) is 4.03. The Morgan fingerprint density at radius 2 is 2.35 bits per heavy atom. The van der Waals surface area contributed by atoms with Crippen molar-refractivity contribution in [1.82, 2.24) is 15.5 Å². The van der Waals surface area contributed by atoms with Crippen molar-refractivity contribution in [2.75, 3.05) is 24.5 Å². The molecule has 6 nitrogen and oxygen atoms in total. The van der Waals surface area contributed by atoms with Crippen LogP contribution in [0.25, 0.3) is 0 Å². The number of anilines is 1. The van der Waals surface area contributed by atoms with Crippen LogP contribution in [-0.2, 0) is 0 Å². The summed E-state index contributed by atoms with van der Waals surface area (Å²) in [5.74, 6) is 1.65. The quantitative estimate of drug-likeness (QED) is 0.911. The van der Waals surface area contributed by atoms with Gasteiger partial charge in [0.1, 0.15) is 5.76 Å². The molecule has 4 rings (SSSR count). The molecule has 23 heavy (non-hydrogen) atoms. The molecule has 2 aromatic rings. The zero-order chi connectivity index (χ0) is 15.6. The van der Waals surface area contributed by atoms with E-state index in [2.05, 4.69) is 20.4 Å². The van der Waals surface area contributed by atoms with Crippen LogP contribution >= 0.6 is 11.3 Å². The highest BCUT2D eigenvalue weighted by Gasteiger charge is 2.29. The normalized spacial score (nSPS) is 21.4. The van der Waals surface area contributed by atoms with Gasteiger partial charge in [-0.05, 0) is 31.6 Å². The zero-order valence-electron chi connectivity index (χ0n) is 12.9. The number of nitrogens with one attached hydrogen (secondary N) is 1. The molecule has 1 aliphatic heterocycles. The van der Waals surface area contributed by atoms with Crippen LogP contribution in [0.2, 0.25) is 0 Å².